The highest BCUT2D eigenvalue weighted by molar-refractivity contribution is 5.58. The first-order valence-corrected chi connectivity index (χ1v) is 2.87. The van der Waals surface area contributed by atoms with E-state index < -0.39 is 0 Å². The van der Waals surface area contributed by atoms with Crippen molar-refractivity contribution in [2.45, 2.75) is 0 Å². The van der Waals surface area contributed by atoms with Gasteiger partial charge in [-0.3, -0.25) is 0 Å². The molecule has 2 rings (SSSR count). The van der Waals surface area contributed by atoms with Crippen molar-refractivity contribution in [3.63, 3.8) is 0 Å². The van der Waals surface area contributed by atoms with Gasteiger partial charge < -0.3 is 4.52 Å². The van der Waals surface area contributed by atoms with Gasteiger partial charge >= 0.3 is 0 Å². The number of hydrogen-bond acceptors (Lipinski definition) is 1. The Kier molecular flexibility index (Phi) is 0.730. The van der Waals surface area contributed by atoms with Gasteiger partial charge in [0.1, 0.15) is 0 Å². The summed E-state index contributed by atoms with van der Waals surface area (Å²) >= 11 is 0. The Morgan fingerprint density at radius 1 is 1.44 bits per heavy atom. The Balaban J connectivity index is 2.76. The molecule has 1 heterocycles. The molecule has 0 aromatic carbocycles. The number of aryl methyl sites for hydroxylation is 1. The molecule has 0 aromatic rings. The largest absolute Gasteiger partial charge is 0.380 e. The van der Waals surface area contributed by atoms with E-state index in [1.165, 1.54) is 0 Å². The van der Waals surface area contributed by atoms with Gasteiger partial charge in [0.05, 0.1) is 0 Å². The van der Waals surface area contributed by atoms with Gasteiger partial charge in [0.25, 0.3) is 0 Å². The monoisotopic (exact) mass is 121 g/mol. The summed E-state index contributed by atoms with van der Waals surface area (Å²) in [6.07, 6.45) is 1.95. The second-order valence-electron chi connectivity index (χ2n) is 2.11. The third-order valence-electron chi connectivity index (χ3n) is 1.37. The normalized spacial score (nSPS) is 10.8. The summed E-state index contributed by atoms with van der Waals surface area (Å²) in [5.41, 5.74) is 1.16. The number of hydrogen-bond donors (Lipinski definition) is 0. The second kappa shape index (κ2) is 1.41. The van der Waals surface area contributed by atoms with Gasteiger partial charge in [0.2, 0.25) is 0 Å². The van der Waals surface area contributed by atoms with E-state index in [1.807, 2.05) is 31.4 Å². The molecular weight excluding hydrogens is 114 g/mol. The molecule has 0 amide bonds. The second-order valence-corrected chi connectivity index (χ2v) is 2.11. The Morgan fingerprint density at radius 2 is 2.33 bits per heavy atom. The average molecular weight is 121 g/mol. The number of rotatable bonds is 0. The van der Waals surface area contributed by atoms with E-state index in [4.69, 9.17) is 4.52 Å². The summed E-state index contributed by atoms with van der Waals surface area (Å²) in [4.78, 5) is 0. The van der Waals surface area contributed by atoms with Gasteiger partial charge in [-0.15, -0.1) is 0 Å². The van der Waals surface area contributed by atoms with Gasteiger partial charge in [-0.25, -0.2) is 4.74 Å². The summed E-state index contributed by atoms with van der Waals surface area (Å²) in [7, 11) is 1.88. The first kappa shape index (κ1) is 4.68. The molecule has 1 aliphatic heterocycles. The molecule has 0 unspecified atom stereocenters. The molecule has 0 bridgehead atoms. The lowest BCUT2D eigenvalue weighted by Crippen LogP contribution is -1.75. The van der Waals surface area contributed by atoms with Crippen LogP contribution in [0.2, 0.25) is 0 Å². The minimum Gasteiger partial charge on any atom is -0.380 e. The smallest absolute Gasteiger partial charge is 0.164 e. The Bertz CT molecular complexity index is 256. The van der Waals surface area contributed by atoms with E-state index in [1.54, 1.807) is 4.74 Å². The minimum atomic E-state index is 0.956. The predicted molar refractivity (Wildman–Crippen MR) is 34.3 cm³/mol. The summed E-state index contributed by atoms with van der Waals surface area (Å²) in [6.45, 7) is 0. The van der Waals surface area contributed by atoms with Gasteiger partial charge in [-0.2, -0.15) is 0 Å². The van der Waals surface area contributed by atoms with Crippen molar-refractivity contribution in [2.75, 3.05) is 0 Å². The van der Waals surface area contributed by atoms with Crippen LogP contribution in [0.15, 0.2) is 28.9 Å². The molecule has 0 aromatic heterocycles. The highest BCUT2D eigenvalue weighted by atomic mass is 16.5. The summed E-state index contributed by atoms with van der Waals surface area (Å²) in [5.74, 6) is 0.956. The van der Waals surface area contributed by atoms with Crippen LogP contribution in [0.3, 0.4) is 0 Å². The van der Waals surface area contributed by atoms with Crippen molar-refractivity contribution in [3.05, 3.63) is 24.4 Å². The molecule has 9 heavy (non-hydrogen) atoms. The zero-order valence-electron chi connectivity index (χ0n) is 5.16. The van der Waals surface area contributed by atoms with Crippen molar-refractivity contribution in [1.29, 1.82) is 0 Å². The Morgan fingerprint density at radius 3 is 3.11 bits per heavy atom. The van der Waals surface area contributed by atoms with Crippen LogP contribution in [0.5, 0.6) is 0 Å². The lowest BCUT2D eigenvalue weighted by molar-refractivity contribution is 0.318. The minimum absolute atomic E-state index is 0.956. The van der Waals surface area contributed by atoms with Crippen LogP contribution in [0.1, 0.15) is 0 Å². The van der Waals surface area contributed by atoms with Crippen LogP contribution >= 0.6 is 0 Å². The fourth-order valence-corrected chi connectivity index (χ4v) is 0.985. The van der Waals surface area contributed by atoms with E-state index in [9.17, 15) is 0 Å². The highest BCUT2D eigenvalue weighted by Gasteiger charge is 2.04. The summed E-state index contributed by atoms with van der Waals surface area (Å²) in [6, 6.07) is 5.96. The fourth-order valence-electron chi connectivity index (χ4n) is 0.985. The zero-order chi connectivity index (χ0) is 6.27. The fraction of sp³-hybridized carbons (Fsp3) is 0.143. The third kappa shape index (κ3) is 0.560. The lowest BCUT2D eigenvalue weighted by atomic mass is 10.3. The van der Waals surface area contributed by atoms with E-state index in [-0.39, 0.29) is 0 Å². The molecule has 2 aliphatic rings. The van der Waals surface area contributed by atoms with Crippen molar-refractivity contribution in [1.82, 2.24) is 4.74 Å². The van der Waals surface area contributed by atoms with Crippen molar-refractivity contribution in [3.8, 4) is 11.3 Å². The van der Waals surface area contributed by atoms with Gasteiger partial charge in [-0.05, 0) is 12.1 Å². The SMILES string of the molecule is Cn1cc2cccc-2o1. The van der Waals surface area contributed by atoms with E-state index in [2.05, 4.69) is 0 Å². The molecule has 0 N–H and O–H groups in total. The van der Waals surface area contributed by atoms with Crippen molar-refractivity contribution < 1.29 is 4.52 Å². The van der Waals surface area contributed by atoms with Crippen LogP contribution in [0, 0.1) is 0 Å². The van der Waals surface area contributed by atoms with Gasteiger partial charge in [0, 0.05) is 18.8 Å². The first-order chi connectivity index (χ1) is 4.36. The number of fused-ring (bicyclic) bond motifs is 1. The zero-order valence-corrected chi connectivity index (χ0v) is 5.16. The molecule has 0 saturated carbocycles. The number of nitrogens with zero attached hydrogens (tertiary/aromatic N) is 1. The predicted octanol–water partition coefficient (Wildman–Crippen LogP) is 1.72. The molecule has 2 heteroatoms. The summed E-state index contributed by atoms with van der Waals surface area (Å²) in [5, 5.41) is 0. The average Bonchev–Trinajstić information content (AvgIpc) is 2.22. The van der Waals surface area contributed by atoms with Crippen LogP contribution in [0.25, 0.3) is 11.3 Å². The molecule has 0 saturated heterocycles. The summed E-state index contributed by atoms with van der Waals surface area (Å²) < 4.78 is 6.92. The third-order valence-corrected chi connectivity index (χ3v) is 1.37. The van der Waals surface area contributed by atoms with Crippen LogP contribution in [-0.2, 0) is 7.05 Å². The molecule has 46 valence electrons. The van der Waals surface area contributed by atoms with E-state index >= 15 is 0 Å². The highest BCUT2D eigenvalue weighted by Crippen LogP contribution is 2.22. The molecule has 1 aliphatic carbocycles. The molecule has 2 nitrogen and oxygen atoms in total. The maximum Gasteiger partial charge on any atom is 0.164 e. The first-order valence-electron chi connectivity index (χ1n) is 2.87. The van der Waals surface area contributed by atoms with Gasteiger partial charge in [0.15, 0.2) is 5.76 Å². The maximum atomic E-state index is 5.22. The molecule has 0 atom stereocenters. The Labute approximate surface area is 53.0 Å². The van der Waals surface area contributed by atoms with Gasteiger partial charge in [-0.1, -0.05) is 6.07 Å². The topological polar surface area (TPSA) is 18.1 Å². The number of aromatic nitrogens is 1. The van der Waals surface area contributed by atoms with E-state index in [0.717, 1.165) is 11.3 Å². The van der Waals surface area contributed by atoms with Crippen LogP contribution in [-0.4, -0.2) is 4.74 Å². The van der Waals surface area contributed by atoms with Crippen molar-refractivity contribution in [2.24, 2.45) is 7.05 Å². The Hall–Kier alpha value is -1.18. The maximum absolute atomic E-state index is 5.22. The van der Waals surface area contributed by atoms with Crippen LogP contribution in [0.4, 0.5) is 0 Å². The molecule has 0 fully saturated rings. The lowest BCUT2D eigenvalue weighted by Gasteiger charge is -1.81. The molecule has 0 radical (unpaired) electrons. The molecule has 0 spiro atoms. The quantitative estimate of drug-likeness (QED) is 0.519. The van der Waals surface area contributed by atoms with Crippen LogP contribution < -0.4 is 0 Å². The molecular formula is C7H7NO. The van der Waals surface area contributed by atoms with Crippen molar-refractivity contribution >= 4 is 0 Å². The standard InChI is InChI=1S/C7H7NO/c1-8-5-6-3-2-4-7(6)9-8/h2-5H,1H3. The van der Waals surface area contributed by atoms with E-state index in [0.29, 0.717) is 0 Å².